The third kappa shape index (κ3) is 5.88. The fourth-order valence-electron chi connectivity index (χ4n) is 2.96. The van der Waals surface area contributed by atoms with Gasteiger partial charge >= 0.3 is 6.03 Å². The molecule has 0 radical (unpaired) electrons. The minimum absolute atomic E-state index is 0.0379. The van der Waals surface area contributed by atoms with Crippen LogP contribution in [-0.2, 0) is 4.79 Å². The minimum Gasteiger partial charge on any atom is -0.490 e. The summed E-state index contributed by atoms with van der Waals surface area (Å²) in [5.74, 6) is 1.32. The summed E-state index contributed by atoms with van der Waals surface area (Å²) in [6, 6.07) is 5.26. The molecule has 6 nitrogen and oxygen atoms in total. The number of fused-ring (bicyclic) bond motifs is 1. The zero-order valence-corrected chi connectivity index (χ0v) is 17.4. The van der Waals surface area contributed by atoms with Crippen LogP contribution in [0.2, 0.25) is 0 Å². The largest absolute Gasteiger partial charge is 0.490 e. The van der Waals surface area contributed by atoms with Crippen LogP contribution in [0.4, 0.5) is 16.2 Å². The van der Waals surface area contributed by atoms with Crippen LogP contribution in [0.15, 0.2) is 18.2 Å². The van der Waals surface area contributed by atoms with Crippen molar-refractivity contribution in [1.82, 2.24) is 5.32 Å². The summed E-state index contributed by atoms with van der Waals surface area (Å²) < 4.78 is 5.67. The maximum atomic E-state index is 12.8. The van der Waals surface area contributed by atoms with E-state index in [0.29, 0.717) is 36.2 Å². The van der Waals surface area contributed by atoms with Crippen molar-refractivity contribution in [2.24, 2.45) is 11.3 Å². The Morgan fingerprint density at radius 1 is 1.19 bits per heavy atom. The summed E-state index contributed by atoms with van der Waals surface area (Å²) >= 11 is 0. The van der Waals surface area contributed by atoms with Gasteiger partial charge < -0.3 is 20.3 Å². The smallest absolute Gasteiger partial charge is 0.319 e. The molecule has 0 aliphatic carbocycles. The predicted molar refractivity (Wildman–Crippen MR) is 109 cm³/mol. The highest BCUT2D eigenvalue weighted by Crippen LogP contribution is 2.36. The molecule has 2 rings (SSSR count). The van der Waals surface area contributed by atoms with Crippen LogP contribution in [0.5, 0.6) is 5.75 Å². The number of ether oxygens (including phenoxy) is 1. The summed E-state index contributed by atoms with van der Waals surface area (Å²) in [6.07, 6.45) is 2.01. The van der Waals surface area contributed by atoms with E-state index in [1.165, 1.54) is 0 Å². The number of rotatable bonds is 5. The Hall–Kier alpha value is -2.24. The van der Waals surface area contributed by atoms with Crippen molar-refractivity contribution in [3.05, 3.63) is 18.2 Å². The topological polar surface area (TPSA) is 70.7 Å². The average molecular weight is 376 g/mol. The lowest BCUT2D eigenvalue weighted by Gasteiger charge is -2.34. The summed E-state index contributed by atoms with van der Waals surface area (Å²) in [6.45, 7) is 13.0. The van der Waals surface area contributed by atoms with Gasteiger partial charge in [-0.15, -0.1) is 0 Å². The number of nitrogens with zero attached hydrogens (tertiary/aromatic N) is 1. The Labute approximate surface area is 162 Å². The maximum absolute atomic E-state index is 12.8. The molecule has 0 saturated carbocycles. The van der Waals surface area contributed by atoms with Crippen LogP contribution in [0.1, 0.15) is 54.4 Å². The van der Waals surface area contributed by atoms with Gasteiger partial charge in [-0.1, -0.05) is 34.6 Å². The molecule has 1 unspecified atom stereocenters. The summed E-state index contributed by atoms with van der Waals surface area (Å²) in [5.41, 5.74) is 0.854. The van der Waals surface area contributed by atoms with Crippen molar-refractivity contribution >= 4 is 23.3 Å². The second-order valence-electron chi connectivity index (χ2n) is 8.71. The number of carbonyl (C=O) groups excluding carboxylic acids is 2. The Kier molecular flexibility index (Phi) is 6.73. The lowest BCUT2D eigenvalue weighted by atomic mass is 9.94. The lowest BCUT2D eigenvalue weighted by molar-refractivity contribution is -0.126. The number of hydrogen-bond acceptors (Lipinski definition) is 3. The number of nitrogens with one attached hydrogen (secondary N) is 2. The Balaban J connectivity index is 2.08. The molecule has 3 amide bonds. The van der Waals surface area contributed by atoms with E-state index in [1.807, 2.05) is 27.7 Å². The van der Waals surface area contributed by atoms with E-state index < -0.39 is 5.41 Å². The number of amides is 3. The van der Waals surface area contributed by atoms with Gasteiger partial charge in [-0.3, -0.25) is 4.79 Å². The quantitative estimate of drug-likeness (QED) is 0.801. The zero-order chi connectivity index (χ0) is 20.2. The molecule has 1 atom stereocenters. The van der Waals surface area contributed by atoms with E-state index >= 15 is 0 Å². The molecule has 1 aromatic carbocycles. The van der Waals surface area contributed by atoms with Crippen LogP contribution in [0, 0.1) is 11.3 Å². The minimum atomic E-state index is -0.485. The molecular formula is C21H33N3O3. The summed E-state index contributed by atoms with van der Waals surface area (Å²) in [7, 11) is 0. The normalized spacial score (nSPS) is 15.0. The van der Waals surface area contributed by atoms with Crippen LogP contribution >= 0.6 is 0 Å². The molecule has 0 aromatic heterocycles. The monoisotopic (exact) mass is 375 g/mol. The van der Waals surface area contributed by atoms with Gasteiger partial charge in [0.25, 0.3) is 0 Å². The van der Waals surface area contributed by atoms with Gasteiger partial charge in [0, 0.05) is 17.1 Å². The molecular weight excluding hydrogens is 342 g/mol. The molecule has 150 valence electrons. The van der Waals surface area contributed by atoms with Crippen LogP contribution < -0.4 is 20.3 Å². The van der Waals surface area contributed by atoms with Crippen molar-refractivity contribution in [3.63, 3.8) is 0 Å². The fourth-order valence-corrected chi connectivity index (χ4v) is 2.96. The molecule has 1 heterocycles. The van der Waals surface area contributed by atoms with Crippen LogP contribution in [0.3, 0.4) is 0 Å². The molecule has 0 spiro atoms. The third-order valence-corrected chi connectivity index (χ3v) is 4.52. The lowest BCUT2D eigenvalue weighted by Crippen LogP contribution is -2.44. The Morgan fingerprint density at radius 3 is 2.52 bits per heavy atom. The van der Waals surface area contributed by atoms with Gasteiger partial charge in [0.05, 0.1) is 12.2 Å². The Morgan fingerprint density at radius 2 is 1.89 bits per heavy atom. The highest BCUT2D eigenvalue weighted by atomic mass is 16.5. The molecule has 27 heavy (non-hydrogen) atoms. The van der Waals surface area contributed by atoms with E-state index in [1.54, 1.807) is 23.1 Å². The third-order valence-electron chi connectivity index (χ3n) is 4.52. The van der Waals surface area contributed by atoms with E-state index in [-0.39, 0.29) is 18.0 Å². The molecule has 0 fully saturated rings. The molecule has 0 saturated heterocycles. The molecule has 1 aliphatic heterocycles. The van der Waals surface area contributed by atoms with Crippen molar-refractivity contribution in [3.8, 4) is 5.75 Å². The summed E-state index contributed by atoms with van der Waals surface area (Å²) in [5, 5.41) is 5.83. The van der Waals surface area contributed by atoms with Crippen molar-refractivity contribution < 1.29 is 14.3 Å². The number of hydrogen-bond donors (Lipinski definition) is 2. The number of anilines is 2. The van der Waals surface area contributed by atoms with Gasteiger partial charge in [-0.2, -0.15) is 0 Å². The van der Waals surface area contributed by atoms with Gasteiger partial charge in [0.15, 0.2) is 0 Å². The van der Waals surface area contributed by atoms with Crippen molar-refractivity contribution in [2.75, 3.05) is 23.4 Å². The van der Waals surface area contributed by atoms with Gasteiger partial charge in [0.2, 0.25) is 5.91 Å². The standard InChI is InChI=1S/C21H33N3O3/c1-14(2)7-8-15(3)22-20(26)23-16-9-10-18-17(13-16)24(11-12-27-18)19(25)21(4,5)6/h9-10,13-15H,7-8,11-12H2,1-6H3,(H2,22,23,26). The second kappa shape index (κ2) is 8.63. The van der Waals surface area contributed by atoms with Crippen LogP contribution in [-0.4, -0.2) is 31.1 Å². The van der Waals surface area contributed by atoms with E-state index in [0.717, 1.165) is 12.8 Å². The molecule has 0 bridgehead atoms. The molecule has 1 aromatic rings. The van der Waals surface area contributed by atoms with E-state index in [9.17, 15) is 9.59 Å². The van der Waals surface area contributed by atoms with Gasteiger partial charge in [0.1, 0.15) is 12.4 Å². The van der Waals surface area contributed by atoms with E-state index in [4.69, 9.17) is 4.74 Å². The predicted octanol–water partition coefficient (Wildman–Crippen LogP) is 4.40. The Bertz CT molecular complexity index is 680. The fraction of sp³-hybridized carbons (Fsp3) is 0.619. The van der Waals surface area contributed by atoms with Crippen molar-refractivity contribution in [2.45, 2.75) is 60.4 Å². The molecule has 6 heteroatoms. The number of benzene rings is 1. The zero-order valence-electron chi connectivity index (χ0n) is 17.4. The highest BCUT2D eigenvalue weighted by molar-refractivity contribution is 5.99. The second-order valence-corrected chi connectivity index (χ2v) is 8.71. The van der Waals surface area contributed by atoms with Crippen molar-refractivity contribution in [1.29, 1.82) is 0 Å². The van der Waals surface area contributed by atoms with Gasteiger partial charge in [-0.25, -0.2) is 4.79 Å². The molecule has 1 aliphatic rings. The SMILES string of the molecule is CC(C)CCC(C)NC(=O)Nc1ccc2c(c1)N(C(=O)C(C)(C)C)CCO2. The van der Waals surface area contributed by atoms with Crippen LogP contribution in [0.25, 0.3) is 0 Å². The molecule has 2 N–H and O–H groups in total. The van der Waals surface area contributed by atoms with Gasteiger partial charge in [-0.05, 0) is 43.9 Å². The maximum Gasteiger partial charge on any atom is 0.319 e. The number of urea groups is 1. The summed E-state index contributed by atoms with van der Waals surface area (Å²) in [4.78, 5) is 26.8. The number of carbonyl (C=O) groups is 2. The van der Waals surface area contributed by atoms with E-state index in [2.05, 4.69) is 24.5 Å². The highest BCUT2D eigenvalue weighted by Gasteiger charge is 2.32. The first-order valence-electron chi connectivity index (χ1n) is 9.74. The average Bonchev–Trinajstić information content (AvgIpc) is 2.57. The first kappa shape index (κ1) is 21.1. The first-order chi connectivity index (χ1) is 12.6. The first-order valence-corrected chi connectivity index (χ1v) is 9.74.